The fourth-order valence-electron chi connectivity index (χ4n) is 4.10. The van der Waals surface area contributed by atoms with E-state index in [1.165, 1.54) is 0 Å². The molecule has 0 unspecified atom stereocenters. The van der Waals surface area contributed by atoms with Crippen LogP contribution in [-0.4, -0.2) is 37.3 Å². The number of amides is 1. The number of pyridine rings is 1. The first kappa shape index (κ1) is 20.5. The number of nitrogens with zero attached hydrogens (tertiary/aromatic N) is 5. The van der Waals surface area contributed by atoms with Crippen LogP contribution in [0.5, 0.6) is 0 Å². The molecule has 0 bridgehead atoms. The van der Waals surface area contributed by atoms with Gasteiger partial charge in [0, 0.05) is 25.6 Å². The Morgan fingerprint density at radius 3 is 2.97 bits per heavy atom. The van der Waals surface area contributed by atoms with Crippen molar-refractivity contribution in [2.45, 2.75) is 38.6 Å². The maximum absolute atomic E-state index is 13.1. The standard InChI is InChI=1S/C24H24N6OS/c1-16-6-4-12-26-24(16)29-21-15-25-14-18(27-21)19-8-5-13-30(19)23(31)11-10-22-28-17-7-2-3-9-20(17)32-22/h2-4,6-7,9,12,14-15,19H,5,8,10-11,13H2,1H3,(H,26,27,29)/t19-/m0/s1. The summed E-state index contributed by atoms with van der Waals surface area (Å²) in [5.41, 5.74) is 2.85. The molecule has 1 saturated heterocycles. The molecule has 162 valence electrons. The molecular formula is C24H24N6OS. The van der Waals surface area contributed by atoms with Gasteiger partial charge < -0.3 is 10.2 Å². The summed E-state index contributed by atoms with van der Waals surface area (Å²) in [6.45, 7) is 2.75. The number of para-hydroxylation sites is 1. The van der Waals surface area contributed by atoms with E-state index < -0.39 is 0 Å². The van der Waals surface area contributed by atoms with E-state index in [4.69, 9.17) is 4.98 Å². The Labute approximate surface area is 190 Å². The van der Waals surface area contributed by atoms with Crippen molar-refractivity contribution in [1.82, 2.24) is 24.8 Å². The van der Waals surface area contributed by atoms with Crippen molar-refractivity contribution in [1.29, 1.82) is 0 Å². The normalized spacial score (nSPS) is 15.9. The number of carbonyl (C=O) groups is 1. The van der Waals surface area contributed by atoms with Gasteiger partial charge in [0.25, 0.3) is 0 Å². The number of carbonyl (C=O) groups excluding carboxylic acids is 1. The van der Waals surface area contributed by atoms with Crippen molar-refractivity contribution in [3.8, 4) is 0 Å². The Balaban J connectivity index is 1.27. The molecule has 5 rings (SSSR count). The molecule has 1 aromatic carbocycles. The molecule has 1 atom stereocenters. The van der Waals surface area contributed by atoms with Gasteiger partial charge in [-0.3, -0.25) is 9.78 Å². The fourth-order valence-corrected chi connectivity index (χ4v) is 5.06. The summed E-state index contributed by atoms with van der Waals surface area (Å²) >= 11 is 1.66. The Morgan fingerprint density at radius 1 is 1.19 bits per heavy atom. The van der Waals surface area contributed by atoms with Gasteiger partial charge in [0.1, 0.15) is 11.6 Å². The number of hydrogen-bond acceptors (Lipinski definition) is 7. The Morgan fingerprint density at radius 2 is 2.09 bits per heavy atom. The monoisotopic (exact) mass is 444 g/mol. The number of rotatable bonds is 6. The Hall–Kier alpha value is -3.39. The van der Waals surface area contributed by atoms with Crippen LogP contribution >= 0.6 is 11.3 Å². The number of anilines is 2. The zero-order valence-corrected chi connectivity index (χ0v) is 18.7. The molecule has 1 N–H and O–H groups in total. The van der Waals surface area contributed by atoms with Crippen LogP contribution in [0.3, 0.4) is 0 Å². The molecule has 0 aliphatic carbocycles. The van der Waals surface area contributed by atoms with Crippen molar-refractivity contribution >= 4 is 39.1 Å². The largest absolute Gasteiger partial charge is 0.334 e. The second-order valence-corrected chi connectivity index (χ2v) is 9.06. The number of thiazole rings is 1. The number of hydrogen-bond donors (Lipinski definition) is 1. The summed E-state index contributed by atoms with van der Waals surface area (Å²) < 4.78 is 1.16. The number of benzene rings is 1. The van der Waals surface area contributed by atoms with Crippen molar-refractivity contribution in [3.05, 3.63) is 71.3 Å². The SMILES string of the molecule is Cc1cccnc1Nc1cncc([C@@H]2CCCN2C(=O)CCc2nc3ccccc3s2)n1. The van der Waals surface area contributed by atoms with Crippen molar-refractivity contribution in [3.63, 3.8) is 0 Å². The van der Waals surface area contributed by atoms with E-state index in [9.17, 15) is 4.79 Å². The smallest absolute Gasteiger partial charge is 0.223 e. The third kappa shape index (κ3) is 4.31. The van der Waals surface area contributed by atoms with Crippen LogP contribution in [0.25, 0.3) is 10.2 Å². The van der Waals surface area contributed by atoms with Gasteiger partial charge in [0.05, 0.1) is 39.4 Å². The van der Waals surface area contributed by atoms with Crippen LogP contribution in [0.15, 0.2) is 55.0 Å². The van der Waals surface area contributed by atoms with Crippen LogP contribution in [-0.2, 0) is 11.2 Å². The molecule has 1 aliphatic rings. The molecule has 8 heteroatoms. The molecule has 0 spiro atoms. The first-order valence-electron chi connectivity index (χ1n) is 10.8. The lowest BCUT2D eigenvalue weighted by Gasteiger charge is -2.24. The zero-order valence-electron chi connectivity index (χ0n) is 17.9. The highest BCUT2D eigenvalue weighted by atomic mass is 32.1. The lowest BCUT2D eigenvalue weighted by molar-refractivity contribution is -0.132. The Kier molecular flexibility index (Phi) is 5.77. The lowest BCUT2D eigenvalue weighted by Crippen LogP contribution is -2.31. The summed E-state index contributed by atoms with van der Waals surface area (Å²) in [6, 6.07) is 11.9. The van der Waals surface area contributed by atoms with E-state index in [0.29, 0.717) is 18.7 Å². The second-order valence-electron chi connectivity index (χ2n) is 7.94. The fraction of sp³-hybridized carbons (Fsp3) is 0.292. The van der Waals surface area contributed by atoms with Crippen LogP contribution in [0.2, 0.25) is 0 Å². The minimum absolute atomic E-state index is 0.0445. The molecule has 1 fully saturated rings. The van der Waals surface area contributed by atoms with Gasteiger partial charge in [-0.15, -0.1) is 11.3 Å². The van der Waals surface area contributed by atoms with Crippen molar-refractivity contribution in [2.24, 2.45) is 0 Å². The maximum Gasteiger partial charge on any atom is 0.223 e. The molecule has 3 aromatic heterocycles. The molecular weight excluding hydrogens is 420 g/mol. The number of aryl methyl sites for hydroxylation is 2. The quantitative estimate of drug-likeness (QED) is 0.459. The number of nitrogens with one attached hydrogen (secondary N) is 1. The van der Waals surface area contributed by atoms with E-state index in [0.717, 1.165) is 51.7 Å². The topological polar surface area (TPSA) is 83.9 Å². The molecule has 32 heavy (non-hydrogen) atoms. The summed E-state index contributed by atoms with van der Waals surface area (Å²) in [5, 5.41) is 4.25. The molecule has 1 amide bonds. The van der Waals surface area contributed by atoms with E-state index in [1.54, 1.807) is 29.9 Å². The summed E-state index contributed by atoms with van der Waals surface area (Å²) in [6.07, 6.45) is 8.17. The van der Waals surface area contributed by atoms with E-state index in [1.807, 2.05) is 42.2 Å². The number of aromatic nitrogens is 4. The van der Waals surface area contributed by atoms with Crippen LogP contribution in [0.4, 0.5) is 11.6 Å². The average Bonchev–Trinajstić information content (AvgIpc) is 3.46. The molecule has 0 saturated carbocycles. The molecule has 4 heterocycles. The lowest BCUT2D eigenvalue weighted by atomic mass is 10.1. The van der Waals surface area contributed by atoms with Gasteiger partial charge in [-0.1, -0.05) is 18.2 Å². The average molecular weight is 445 g/mol. The number of likely N-dealkylation sites (tertiary alicyclic amines) is 1. The summed E-state index contributed by atoms with van der Waals surface area (Å²) in [7, 11) is 0. The van der Waals surface area contributed by atoms with Gasteiger partial charge in [0.15, 0.2) is 0 Å². The van der Waals surface area contributed by atoms with Gasteiger partial charge in [0.2, 0.25) is 5.91 Å². The minimum Gasteiger partial charge on any atom is -0.334 e. The molecule has 4 aromatic rings. The van der Waals surface area contributed by atoms with E-state index >= 15 is 0 Å². The highest BCUT2D eigenvalue weighted by Gasteiger charge is 2.31. The summed E-state index contributed by atoms with van der Waals surface area (Å²) in [4.78, 5) is 33.2. The van der Waals surface area contributed by atoms with Gasteiger partial charge in [-0.05, 0) is 43.5 Å². The van der Waals surface area contributed by atoms with Gasteiger partial charge in [-0.25, -0.2) is 15.0 Å². The highest BCUT2D eigenvalue weighted by molar-refractivity contribution is 7.18. The third-order valence-electron chi connectivity index (χ3n) is 5.71. The maximum atomic E-state index is 13.1. The molecule has 0 radical (unpaired) electrons. The predicted octanol–water partition coefficient (Wildman–Crippen LogP) is 4.83. The second kappa shape index (κ2) is 9.00. The van der Waals surface area contributed by atoms with E-state index in [-0.39, 0.29) is 11.9 Å². The summed E-state index contributed by atoms with van der Waals surface area (Å²) in [5.74, 6) is 1.54. The van der Waals surface area contributed by atoms with Crippen LogP contribution in [0, 0.1) is 6.92 Å². The molecule has 1 aliphatic heterocycles. The first-order chi connectivity index (χ1) is 15.7. The van der Waals surface area contributed by atoms with E-state index in [2.05, 4.69) is 26.3 Å². The number of fused-ring (bicyclic) bond motifs is 1. The first-order valence-corrected chi connectivity index (χ1v) is 11.6. The Bertz CT molecular complexity index is 1220. The molecule has 7 nitrogen and oxygen atoms in total. The van der Waals surface area contributed by atoms with Gasteiger partial charge >= 0.3 is 0 Å². The van der Waals surface area contributed by atoms with Crippen molar-refractivity contribution in [2.75, 3.05) is 11.9 Å². The van der Waals surface area contributed by atoms with Gasteiger partial charge in [-0.2, -0.15) is 0 Å². The van der Waals surface area contributed by atoms with Crippen LogP contribution < -0.4 is 5.32 Å². The minimum atomic E-state index is -0.0445. The van der Waals surface area contributed by atoms with Crippen molar-refractivity contribution < 1.29 is 4.79 Å². The highest BCUT2D eigenvalue weighted by Crippen LogP contribution is 2.32. The third-order valence-corrected chi connectivity index (χ3v) is 6.81. The van der Waals surface area contributed by atoms with Crippen LogP contribution in [0.1, 0.15) is 41.6 Å². The predicted molar refractivity (Wildman–Crippen MR) is 126 cm³/mol. The zero-order chi connectivity index (χ0) is 21.9.